The number of benzene rings is 1. The number of likely N-dealkylation sites (N-methyl/N-ethyl adjacent to an activating group) is 1. The predicted octanol–water partition coefficient (Wildman–Crippen LogP) is 2.36. The molecule has 0 amide bonds. The van der Waals surface area contributed by atoms with E-state index in [1.54, 1.807) is 7.11 Å². The number of piperidine rings is 1. The lowest BCUT2D eigenvalue weighted by Gasteiger charge is -2.31. The van der Waals surface area contributed by atoms with E-state index >= 15 is 0 Å². The molecule has 0 aromatic heterocycles. The lowest BCUT2D eigenvalue weighted by atomic mass is 9.94. The van der Waals surface area contributed by atoms with E-state index < -0.39 is 5.54 Å². The monoisotopic (exact) mass is 278 g/mol. The Hall–Kier alpha value is -1.26. The summed E-state index contributed by atoms with van der Waals surface area (Å²) in [6, 6.07) is 5.94. The fourth-order valence-corrected chi connectivity index (χ4v) is 2.72. The van der Waals surface area contributed by atoms with Crippen LogP contribution in [0.25, 0.3) is 0 Å². The lowest BCUT2D eigenvalue weighted by molar-refractivity contribution is 0.101. The zero-order valence-corrected chi connectivity index (χ0v) is 13.0. The highest BCUT2D eigenvalue weighted by Crippen LogP contribution is 2.37. The number of para-hydroxylation sites is 1. The summed E-state index contributed by atoms with van der Waals surface area (Å²) in [6.07, 6.45) is 2.48. The SMILES string of the molecule is COc1c(OC2CCCN(C)C2)cccc1C(C)(C)N. The highest BCUT2D eigenvalue weighted by Gasteiger charge is 2.24. The van der Waals surface area contributed by atoms with Crippen LogP contribution in [0.5, 0.6) is 11.5 Å². The zero-order valence-electron chi connectivity index (χ0n) is 13.0. The van der Waals surface area contributed by atoms with Crippen molar-refractivity contribution in [3.63, 3.8) is 0 Å². The van der Waals surface area contributed by atoms with Crippen LogP contribution in [0.1, 0.15) is 32.3 Å². The number of methoxy groups -OCH3 is 1. The zero-order chi connectivity index (χ0) is 14.8. The molecule has 2 N–H and O–H groups in total. The fraction of sp³-hybridized carbons (Fsp3) is 0.625. The second kappa shape index (κ2) is 6.02. The van der Waals surface area contributed by atoms with Gasteiger partial charge in [-0.1, -0.05) is 12.1 Å². The lowest BCUT2D eigenvalue weighted by Crippen LogP contribution is -2.38. The Labute approximate surface area is 121 Å². The number of nitrogens with two attached hydrogens (primary N) is 1. The van der Waals surface area contributed by atoms with Crippen LogP contribution < -0.4 is 15.2 Å². The van der Waals surface area contributed by atoms with Gasteiger partial charge in [0.15, 0.2) is 11.5 Å². The normalized spacial score (nSPS) is 20.8. The highest BCUT2D eigenvalue weighted by molar-refractivity contribution is 5.49. The molecule has 4 nitrogen and oxygen atoms in total. The van der Waals surface area contributed by atoms with E-state index in [0.717, 1.165) is 36.6 Å². The molecule has 1 unspecified atom stereocenters. The molecule has 112 valence electrons. The van der Waals surface area contributed by atoms with Gasteiger partial charge < -0.3 is 20.1 Å². The standard InChI is InChI=1S/C16H26N2O2/c1-16(2,17)13-8-5-9-14(15(13)19-4)20-12-7-6-10-18(3)11-12/h5,8-9,12H,6-7,10-11,17H2,1-4H3. The number of likely N-dealkylation sites (tertiary alicyclic amines) is 1. The summed E-state index contributed by atoms with van der Waals surface area (Å²) in [6.45, 7) is 6.05. The molecule has 1 aliphatic heterocycles. The Kier molecular flexibility index (Phi) is 4.55. The number of rotatable bonds is 4. The van der Waals surface area contributed by atoms with Gasteiger partial charge in [-0.2, -0.15) is 0 Å². The molecule has 0 spiro atoms. The Morgan fingerprint density at radius 3 is 2.70 bits per heavy atom. The Balaban J connectivity index is 2.23. The first-order valence-corrected chi connectivity index (χ1v) is 7.23. The molecule has 1 aliphatic rings. The maximum atomic E-state index is 6.21. The van der Waals surface area contributed by atoms with Crippen LogP contribution in [0.2, 0.25) is 0 Å². The largest absolute Gasteiger partial charge is 0.493 e. The van der Waals surface area contributed by atoms with Crippen LogP contribution in [0.4, 0.5) is 0 Å². The Morgan fingerprint density at radius 2 is 2.10 bits per heavy atom. The van der Waals surface area contributed by atoms with Gasteiger partial charge in [0.2, 0.25) is 0 Å². The minimum atomic E-state index is -0.450. The Bertz CT molecular complexity index is 454. The van der Waals surface area contributed by atoms with E-state index in [4.69, 9.17) is 15.2 Å². The van der Waals surface area contributed by atoms with Gasteiger partial charge in [-0.3, -0.25) is 0 Å². The third kappa shape index (κ3) is 3.44. The van der Waals surface area contributed by atoms with E-state index in [1.807, 2.05) is 32.0 Å². The van der Waals surface area contributed by atoms with E-state index in [1.165, 1.54) is 6.42 Å². The molecular formula is C16H26N2O2. The molecule has 4 heteroatoms. The number of nitrogens with zero attached hydrogens (tertiary/aromatic N) is 1. The summed E-state index contributed by atoms with van der Waals surface area (Å²) in [5, 5.41) is 0. The number of hydrogen-bond acceptors (Lipinski definition) is 4. The Morgan fingerprint density at radius 1 is 1.35 bits per heavy atom. The van der Waals surface area contributed by atoms with E-state index in [0.29, 0.717) is 0 Å². The minimum absolute atomic E-state index is 0.221. The molecular weight excluding hydrogens is 252 g/mol. The van der Waals surface area contributed by atoms with Crippen LogP contribution in [0, 0.1) is 0 Å². The van der Waals surface area contributed by atoms with Crippen molar-refractivity contribution >= 4 is 0 Å². The first-order chi connectivity index (χ1) is 9.41. The van der Waals surface area contributed by atoms with Gasteiger partial charge in [0, 0.05) is 17.6 Å². The fourth-order valence-electron chi connectivity index (χ4n) is 2.72. The average molecular weight is 278 g/mol. The van der Waals surface area contributed by atoms with E-state index in [2.05, 4.69) is 11.9 Å². The van der Waals surface area contributed by atoms with Crippen molar-refractivity contribution in [2.75, 3.05) is 27.2 Å². The first kappa shape index (κ1) is 15.1. The molecule has 1 atom stereocenters. The maximum Gasteiger partial charge on any atom is 0.165 e. The second-order valence-electron chi connectivity index (χ2n) is 6.20. The summed E-state index contributed by atoms with van der Waals surface area (Å²) in [7, 11) is 3.80. The van der Waals surface area contributed by atoms with Gasteiger partial charge in [0.05, 0.1) is 7.11 Å². The van der Waals surface area contributed by atoms with Gasteiger partial charge >= 0.3 is 0 Å². The van der Waals surface area contributed by atoms with Crippen molar-refractivity contribution in [3.8, 4) is 11.5 Å². The second-order valence-corrected chi connectivity index (χ2v) is 6.20. The topological polar surface area (TPSA) is 47.7 Å². The first-order valence-electron chi connectivity index (χ1n) is 7.23. The van der Waals surface area contributed by atoms with Crippen molar-refractivity contribution in [2.45, 2.75) is 38.3 Å². The van der Waals surface area contributed by atoms with Crippen LogP contribution in [0.3, 0.4) is 0 Å². The van der Waals surface area contributed by atoms with Gasteiger partial charge in [-0.25, -0.2) is 0 Å². The quantitative estimate of drug-likeness (QED) is 0.918. The molecule has 0 bridgehead atoms. The number of hydrogen-bond donors (Lipinski definition) is 1. The van der Waals surface area contributed by atoms with Gasteiger partial charge in [0.1, 0.15) is 6.10 Å². The number of ether oxygens (including phenoxy) is 2. The molecule has 1 saturated heterocycles. The van der Waals surface area contributed by atoms with Gasteiger partial charge in [-0.05, 0) is 46.3 Å². The average Bonchev–Trinajstić information content (AvgIpc) is 2.37. The van der Waals surface area contributed by atoms with Crippen LogP contribution in [-0.2, 0) is 5.54 Å². The molecule has 1 aromatic carbocycles. The highest BCUT2D eigenvalue weighted by atomic mass is 16.5. The summed E-state index contributed by atoms with van der Waals surface area (Å²) in [4.78, 5) is 2.30. The van der Waals surface area contributed by atoms with Gasteiger partial charge in [-0.15, -0.1) is 0 Å². The molecule has 0 radical (unpaired) electrons. The van der Waals surface area contributed by atoms with Crippen LogP contribution >= 0.6 is 0 Å². The molecule has 2 rings (SSSR count). The summed E-state index contributed by atoms with van der Waals surface area (Å²) in [5.41, 5.74) is 6.74. The van der Waals surface area contributed by atoms with Crippen molar-refractivity contribution in [2.24, 2.45) is 5.73 Å². The van der Waals surface area contributed by atoms with Crippen molar-refractivity contribution in [1.82, 2.24) is 4.90 Å². The smallest absolute Gasteiger partial charge is 0.165 e. The molecule has 20 heavy (non-hydrogen) atoms. The van der Waals surface area contributed by atoms with E-state index in [9.17, 15) is 0 Å². The van der Waals surface area contributed by atoms with Crippen LogP contribution in [-0.4, -0.2) is 38.3 Å². The molecule has 1 heterocycles. The summed E-state index contributed by atoms with van der Waals surface area (Å²) in [5.74, 6) is 1.55. The van der Waals surface area contributed by atoms with Crippen molar-refractivity contribution in [3.05, 3.63) is 23.8 Å². The third-order valence-corrected chi connectivity index (χ3v) is 3.75. The van der Waals surface area contributed by atoms with E-state index in [-0.39, 0.29) is 6.10 Å². The van der Waals surface area contributed by atoms with Crippen molar-refractivity contribution in [1.29, 1.82) is 0 Å². The maximum absolute atomic E-state index is 6.21. The molecule has 0 aliphatic carbocycles. The third-order valence-electron chi connectivity index (χ3n) is 3.75. The summed E-state index contributed by atoms with van der Waals surface area (Å²) >= 11 is 0. The van der Waals surface area contributed by atoms with Crippen LogP contribution in [0.15, 0.2) is 18.2 Å². The molecule has 1 aromatic rings. The predicted molar refractivity (Wildman–Crippen MR) is 81.4 cm³/mol. The minimum Gasteiger partial charge on any atom is -0.493 e. The summed E-state index contributed by atoms with van der Waals surface area (Å²) < 4.78 is 11.7. The molecule has 1 fully saturated rings. The molecule has 0 saturated carbocycles. The van der Waals surface area contributed by atoms with Crippen molar-refractivity contribution < 1.29 is 9.47 Å². The van der Waals surface area contributed by atoms with Gasteiger partial charge in [0.25, 0.3) is 0 Å².